The molecule has 0 saturated carbocycles. The van der Waals surface area contributed by atoms with Gasteiger partial charge >= 0.3 is 0 Å². The molecule has 0 bridgehead atoms. The maximum absolute atomic E-state index is 5.79. The van der Waals surface area contributed by atoms with E-state index in [1.807, 2.05) is 36.4 Å². The van der Waals surface area contributed by atoms with E-state index in [-0.39, 0.29) is 5.54 Å². The molecule has 0 aliphatic carbocycles. The number of ether oxygens (including phenoxy) is 1. The van der Waals surface area contributed by atoms with Gasteiger partial charge in [0.05, 0.1) is 0 Å². The fourth-order valence-electron chi connectivity index (χ4n) is 1.75. The Morgan fingerprint density at radius 2 is 1.84 bits per heavy atom. The molecule has 2 rings (SSSR count). The summed E-state index contributed by atoms with van der Waals surface area (Å²) in [4.78, 5) is 0. The highest BCUT2D eigenvalue weighted by Crippen LogP contribution is 2.20. The highest BCUT2D eigenvalue weighted by atomic mass is 16.5. The number of anilines is 1. The molecule has 0 heterocycles. The van der Waals surface area contributed by atoms with Crippen LogP contribution in [0.25, 0.3) is 0 Å². The SMILES string of the molecule is CC(C)(C)Nc1[c]ccc(OCc2ccccc2)c1. The quantitative estimate of drug-likeness (QED) is 0.879. The first-order valence-electron chi connectivity index (χ1n) is 6.50. The van der Waals surface area contributed by atoms with Crippen molar-refractivity contribution >= 4 is 5.69 Å². The van der Waals surface area contributed by atoms with Crippen molar-refractivity contribution in [2.24, 2.45) is 0 Å². The summed E-state index contributed by atoms with van der Waals surface area (Å²) < 4.78 is 5.79. The van der Waals surface area contributed by atoms with Crippen molar-refractivity contribution in [3.8, 4) is 5.75 Å². The van der Waals surface area contributed by atoms with Gasteiger partial charge in [0.25, 0.3) is 0 Å². The van der Waals surface area contributed by atoms with Gasteiger partial charge in [0.15, 0.2) is 0 Å². The van der Waals surface area contributed by atoms with Gasteiger partial charge in [0, 0.05) is 23.4 Å². The van der Waals surface area contributed by atoms with Crippen LogP contribution in [0.2, 0.25) is 0 Å². The summed E-state index contributed by atoms with van der Waals surface area (Å²) in [5, 5.41) is 3.38. The molecule has 0 aliphatic rings. The predicted molar refractivity (Wildman–Crippen MR) is 79.4 cm³/mol. The van der Waals surface area contributed by atoms with Crippen molar-refractivity contribution in [2.45, 2.75) is 32.9 Å². The van der Waals surface area contributed by atoms with Gasteiger partial charge in [-0.15, -0.1) is 0 Å². The van der Waals surface area contributed by atoms with Gasteiger partial charge in [0.1, 0.15) is 12.4 Å². The second-order valence-corrected chi connectivity index (χ2v) is 5.59. The fraction of sp³-hybridized carbons (Fsp3) is 0.294. The summed E-state index contributed by atoms with van der Waals surface area (Å²) in [7, 11) is 0. The van der Waals surface area contributed by atoms with Crippen LogP contribution in [-0.2, 0) is 6.61 Å². The molecule has 0 saturated heterocycles. The number of nitrogens with one attached hydrogen (secondary N) is 1. The summed E-state index contributed by atoms with van der Waals surface area (Å²) in [5.41, 5.74) is 2.15. The summed E-state index contributed by atoms with van der Waals surface area (Å²) in [6.45, 7) is 6.95. The molecule has 2 heteroatoms. The lowest BCUT2D eigenvalue weighted by Crippen LogP contribution is -2.25. The standard InChI is InChI=1S/C17H20NO/c1-17(2,3)18-15-10-7-11-16(12-15)19-13-14-8-5-4-6-9-14/h4-9,11-12,18H,13H2,1-3H3. The summed E-state index contributed by atoms with van der Waals surface area (Å²) in [5.74, 6) is 0.856. The van der Waals surface area contributed by atoms with E-state index in [1.54, 1.807) is 0 Å². The van der Waals surface area contributed by atoms with Gasteiger partial charge in [-0.1, -0.05) is 30.3 Å². The Balaban J connectivity index is 1.99. The third-order valence-electron chi connectivity index (χ3n) is 2.53. The molecule has 99 valence electrons. The third kappa shape index (κ3) is 4.66. The van der Waals surface area contributed by atoms with Gasteiger partial charge in [-0.3, -0.25) is 0 Å². The largest absolute Gasteiger partial charge is 0.489 e. The lowest BCUT2D eigenvalue weighted by Gasteiger charge is -2.22. The van der Waals surface area contributed by atoms with Crippen LogP contribution in [-0.4, -0.2) is 5.54 Å². The van der Waals surface area contributed by atoms with E-state index in [2.05, 4.69) is 44.3 Å². The van der Waals surface area contributed by atoms with Crippen molar-refractivity contribution in [1.29, 1.82) is 0 Å². The van der Waals surface area contributed by atoms with Gasteiger partial charge in [-0.2, -0.15) is 0 Å². The maximum Gasteiger partial charge on any atom is 0.121 e. The van der Waals surface area contributed by atoms with E-state index < -0.39 is 0 Å². The Bertz CT molecular complexity index is 514. The second-order valence-electron chi connectivity index (χ2n) is 5.59. The number of hydrogen-bond acceptors (Lipinski definition) is 2. The van der Waals surface area contributed by atoms with Crippen LogP contribution in [0.4, 0.5) is 5.69 Å². The van der Waals surface area contributed by atoms with E-state index in [4.69, 9.17) is 4.74 Å². The Morgan fingerprint density at radius 1 is 1.11 bits per heavy atom. The molecule has 0 aromatic heterocycles. The minimum absolute atomic E-state index is 0.0224. The lowest BCUT2D eigenvalue weighted by molar-refractivity contribution is 0.306. The molecule has 2 aromatic carbocycles. The Kier molecular flexibility index (Phi) is 4.10. The zero-order valence-corrected chi connectivity index (χ0v) is 11.7. The lowest BCUT2D eigenvalue weighted by atomic mass is 10.1. The Hall–Kier alpha value is -1.96. The van der Waals surface area contributed by atoms with Crippen LogP contribution in [0.5, 0.6) is 5.75 Å². The summed E-state index contributed by atoms with van der Waals surface area (Å²) in [6.07, 6.45) is 0. The Morgan fingerprint density at radius 3 is 2.53 bits per heavy atom. The zero-order valence-electron chi connectivity index (χ0n) is 11.7. The molecular weight excluding hydrogens is 234 g/mol. The molecular formula is C17H20NO. The van der Waals surface area contributed by atoms with Gasteiger partial charge in [-0.05, 0) is 38.5 Å². The average molecular weight is 254 g/mol. The molecule has 0 amide bonds. The summed E-state index contributed by atoms with van der Waals surface area (Å²) in [6, 6.07) is 19.1. The smallest absolute Gasteiger partial charge is 0.121 e. The molecule has 0 fully saturated rings. The number of hydrogen-bond donors (Lipinski definition) is 1. The van der Waals surface area contributed by atoms with Gasteiger partial charge in [-0.25, -0.2) is 0 Å². The maximum atomic E-state index is 5.79. The van der Waals surface area contributed by atoms with Gasteiger partial charge in [0.2, 0.25) is 0 Å². The van der Waals surface area contributed by atoms with Crippen molar-refractivity contribution < 1.29 is 4.74 Å². The first-order chi connectivity index (χ1) is 9.03. The van der Waals surface area contributed by atoms with Crippen molar-refractivity contribution in [1.82, 2.24) is 0 Å². The van der Waals surface area contributed by atoms with Crippen molar-refractivity contribution in [3.63, 3.8) is 0 Å². The van der Waals surface area contributed by atoms with Crippen LogP contribution in [0, 0.1) is 6.07 Å². The highest BCUT2D eigenvalue weighted by molar-refractivity contribution is 5.48. The Labute approximate surface area is 115 Å². The average Bonchev–Trinajstić information content (AvgIpc) is 2.36. The van der Waals surface area contributed by atoms with E-state index in [1.165, 1.54) is 5.56 Å². The molecule has 19 heavy (non-hydrogen) atoms. The van der Waals surface area contributed by atoms with Gasteiger partial charge < -0.3 is 10.1 Å². The van der Waals surface area contributed by atoms with Crippen LogP contribution in [0.15, 0.2) is 48.5 Å². The topological polar surface area (TPSA) is 21.3 Å². The molecule has 1 N–H and O–H groups in total. The van der Waals surface area contributed by atoms with E-state index in [0.717, 1.165) is 11.4 Å². The molecule has 1 radical (unpaired) electrons. The predicted octanol–water partition coefficient (Wildman–Crippen LogP) is 4.28. The van der Waals surface area contributed by atoms with Crippen molar-refractivity contribution in [3.05, 3.63) is 60.2 Å². The van der Waals surface area contributed by atoms with Crippen molar-refractivity contribution in [2.75, 3.05) is 5.32 Å². The first-order valence-corrected chi connectivity index (χ1v) is 6.50. The molecule has 2 nitrogen and oxygen atoms in total. The monoisotopic (exact) mass is 254 g/mol. The van der Waals surface area contributed by atoms with Crippen LogP contribution in [0.3, 0.4) is 0 Å². The minimum atomic E-state index is 0.0224. The minimum Gasteiger partial charge on any atom is -0.489 e. The van der Waals surface area contributed by atoms with Crippen LogP contribution < -0.4 is 10.1 Å². The number of rotatable bonds is 4. The summed E-state index contributed by atoms with van der Waals surface area (Å²) >= 11 is 0. The molecule has 2 aromatic rings. The molecule has 0 spiro atoms. The normalized spacial score (nSPS) is 11.1. The molecule has 0 unspecified atom stereocenters. The van der Waals surface area contributed by atoms with E-state index >= 15 is 0 Å². The molecule has 0 aliphatic heterocycles. The number of benzene rings is 2. The fourth-order valence-corrected chi connectivity index (χ4v) is 1.75. The second kappa shape index (κ2) is 5.79. The van der Waals surface area contributed by atoms with E-state index in [0.29, 0.717) is 6.61 Å². The van der Waals surface area contributed by atoms with E-state index in [9.17, 15) is 0 Å². The molecule has 0 atom stereocenters. The van der Waals surface area contributed by atoms with Crippen LogP contribution >= 0.6 is 0 Å². The first kappa shape index (κ1) is 13.5. The third-order valence-corrected chi connectivity index (χ3v) is 2.53. The highest BCUT2D eigenvalue weighted by Gasteiger charge is 2.09. The van der Waals surface area contributed by atoms with Crippen LogP contribution in [0.1, 0.15) is 26.3 Å². The zero-order chi connectivity index (χ0) is 13.7.